The van der Waals surface area contributed by atoms with Crippen LogP contribution in [0.15, 0.2) is 33.7 Å². The van der Waals surface area contributed by atoms with E-state index in [1.165, 1.54) is 19.3 Å². The van der Waals surface area contributed by atoms with Crippen LogP contribution in [0.5, 0.6) is 0 Å². The smallest absolute Gasteiger partial charge is 0.170 e. The molecule has 0 unspecified atom stereocenters. The molecule has 0 radical (unpaired) electrons. The minimum atomic E-state index is 0.131. The first kappa shape index (κ1) is 12.9. The van der Waals surface area contributed by atoms with E-state index in [0.717, 1.165) is 22.3 Å². The molecule has 19 heavy (non-hydrogen) atoms. The van der Waals surface area contributed by atoms with Crippen LogP contribution in [-0.4, -0.2) is 23.7 Å². The van der Waals surface area contributed by atoms with Crippen LogP contribution in [-0.2, 0) is 0 Å². The van der Waals surface area contributed by atoms with Gasteiger partial charge in [0, 0.05) is 16.1 Å². The molecule has 1 heterocycles. The molecule has 1 saturated carbocycles. The van der Waals surface area contributed by atoms with Crippen molar-refractivity contribution < 1.29 is 4.79 Å². The molecule has 100 valence electrons. The van der Waals surface area contributed by atoms with Crippen LogP contribution in [0.2, 0.25) is 0 Å². The van der Waals surface area contributed by atoms with E-state index in [1.807, 2.05) is 24.3 Å². The number of carbonyl (C=O) groups is 1. The van der Waals surface area contributed by atoms with E-state index in [2.05, 4.69) is 26.2 Å². The van der Waals surface area contributed by atoms with E-state index in [4.69, 9.17) is 0 Å². The quantitative estimate of drug-likeness (QED) is 0.868. The molecule has 2 aliphatic rings. The summed E-state index contributed by atoms with van der Waals surface area (Å²) in [6, 6.07) is 8.41. The summed E-state index contributed by atoms with van der Waals surface area (Å²) in [7, 11) is 0. The van der Waals surface area contributed by atoms with Crippen LogP contribution in [0.1, 0.15) is 42.5 Å². The van der Waals surface area contributed by atoms with Gasteiger partial charge in [0.05, 0.1) is 12.5 Å². The first-order valence-corrected chi connectivity index (χ1v) is 7.63. The summed E-state index contributed by atoms with van der Waals surface area (Å²) >= 11 is 3.39. The van der Waals surface area contributed by atoms with Crippen molar-refractivity contribution in [1.82, 2.24) is 5.32 Å². The third-order valence-electron chi connectivity index (χ3n) is 3.88. The first-order chi connectivity index (χ1) is 9.22. The number of rotatable bonds is 3. The van der Waals surface area contributed by atoms with Crippen LogP contribution in [0, 0.1) is 0 Å². The molecule has 1 aromatic rings. The zero-order valence-electron chi connectivity index (χ0n) is 10.7. The van der Waals surface area contributed by atoms with Crippen molar-refractivity contribution in [1.29, 1.82) is 0 Å². The first-order valence-electron chi connectivity index (χ1n) is 6.84. The molecule has 3 rings (SSSR count). The molecule has 4 heteroatoms. The predicted octanol–water partition coefficient (Wildman–Crippen LogP) is 3.33. The van der Waals surface area contributed by atoms with Gasteiger partial charge in [-0.25, -0.2) is 0 Å². The SMILES string of the molecule is O=C(CC1=N[C@@H]2CCCC[C@H]2N1)c1cccc(Br)c1. The van der Waals surface area contributed by atoms with Gasteiger partial charge in [0.25, 0.3) is 0 Å². The molecule has 0 amide bonds. The molecule has 0 spiro atoms. The fraction of sp³-hybridized carbons (Fsp3) is 0.467. The van der Waals surface area contributed by atoms with E-state index >= 15 is 0 Å². The topological polar surface area (TPSA) is 41.5 Å². The van der Waals surface area contributed by atoms with Gasteiger partial charge in [0.1, 0.15) is 5.84 Å². The Morgan fingerprint density at radius 3 is 3.00 bits per heavy atom. The average molecular weight is 321 g/mol. The van der Waals surface area contributed by atoms with Crippen LogP contribution in [0.4, 0.5) is 0 Å². The maximum Gasteiger partial charge on any atom is 0.170 e. The second kappa shape index (κ2) is 5.45. The van der Waals surface area contributed by atoms with E-state index in [1.54, 1.807) is 0 Å². The number of ketones is 1. The highest BCUT2D eigenvalue weighted by molar-refractivity contribution is 9.10. The zero-order chi connectivity index (χ0) is 13.2. The summed E-state index contributed by atoms with van der Waals surface area (Å²) in [6.45, 7) is 0. The molecular weight excluding hydrogens is 304 g/mol. The summed E-state index contributed by atoms with van der Waals surface area (Å²) < 4.78 is 0.938. The second-order valence-electron chi connectivity index (χ2n) is 5.29. The van der Waals surface area contributed by atoms with E-state index in [0.29, 0.717) is 18.5 Å². The molecule has 3 nitrogen and oxygen atoms in total. The Bertz CT molecular complexity index is 527. The summed E-state index contributed by atoms with van der Waals surface area (Å²) in [5, 5.41) is 3.43. The molecular formula is C15H17BrN2O. The lowest BCUT2D eigenvalue weighted by Crippen LogP contribution is -2.37. The lowest BCUT2D eigenvalue weighted by atomic mass is 9.92. The summed E-state index contributed by atoms with van der Waals surface area (Å²) in [5.74, 6) is 1.01. The van der Waals surface area contributed by atoms with Gasteiger partial charge in [-0.3, -0.25) is 9.79 Å². The Morgan fingerprint density at radius 1 is 1.37 bits per heavy atom. The summed E-state index contributed by atoms with van der Waals surface area (Å²) in [5.41, 5.74) is 0.744. The molecule has 1 aliphatic heterocycles. The Hall–Kier alpha value is -1.16. The molecule has 1 fully saturated rings. The number of hydrogen-bond acceptors (Lipinski definition) is 3. The third-order valence-corrected chi connectivity index (χ3v) is 4.37. The van der Waals surface area contributed by atoms with Crippen LogP contribution in [0.3, 0.4) is 0 Å². The number of carbonyl (C=O) groups excluding carboxylic acids is 1. The van der Waals surface area contributed by atoms with Crippen molar-refractivity contribution in [2.75, 3.05) is 0 Å². The number of hydrogen-bond donors (Lipinski definition) is 1. The Balaban J connectivity index is 1.67. The summed E-state index contributed by atoms with van der Waals surface area (Å²) in [6.07, 6.45) is 5.27. The third kappa shape index (κ3) is 2.89. The normalized spacial score (nSPS) is 25.4. The van der Waals surface area contributed by atoms with Gasteiger partial charge in [0.2, 0.25) is 0 Å². The van der Waals surface area contributed by atoms with Crippen molar-refractivity contribution in [3.8, 4) is 0 Å². The highest BCUT2D eigenvalue weighted by Crippen LogP contribution is 2.25. The molecule has 1 aliphatic carbocycles. The van der Waals surface area contributed by atoms with E-state index in [-0.39, 0.29) is 5.78 Å². The Labute approximate surface area is 121 Å². The molecule has 0 aromatic heterocycles. The molecule has 0 bridgehead atoms. The number of amidine groups is 1. The van der Waals surface area contributed by atoms with Crippen LogP contribution < -0.4 is 5.32 Å². The van der Waals surface area contributed by atoms with Crippen molar-refractivity contribution in [3.63, 3.8) is 0 Å². The fourth-order valence-electron chi connectivity index (χ4n) is 2.90. The number of Topliss-reactive ketones (excluding diaryl/α,β-unsaturated/α-hetero) is 1. The molecule has 1 N–H and O–H groups in total. The highest BCUT2D eigenvalue weighted by atomic mass is 79.9. The van der Waals surface area contributed by atoms with Gasteiger partial charge < -0.3 is 5.32 Å². The lowest BCUT2D eigenvalue weighted by Gasteiger charge is -2.23. The number of nitrogens with one attached hydrogen (secondary N) is 1. The molecule has 2 atom stereocenters. The Kier molecular flexibility index (Phi) is 3.69. The summed E-state index contributed by atoms with van der Waals surface area (Å²) in [4.78, 5) is 16.9. The van der Waals surface area contributed by atoms with Crippen molar-refractivity contribution in [2.24, 2.45) is 4.99 Å². The van der Waals surface area contributed by atoms with Crippen molar-refractivity contribution in [2.45, 2.75) is 44.2 Å². The van der Waals surface area contributed by atoms with E-state index in [9.17, 15) is 4.79 Å². The average Bonchev–Trinajstić information content (AvgIpc) is 2.80. The van der Waals surface area contributed by atoms with Gasteiger partial charge in [-0.1, -0.05) is 40.9 Å². The van der Waals surface area contributed by atoms with Crippen LogP contribution >= 0.6 is 15.9 Å². The van der Waals surface area contributed by atoms with Gasteiger partial charge >= 0.3 is 0 Å². The molecule has 0 saturated heterocycles. The van der Waals surface area contributed by atoms with Crippen molar-refractivity contribution >= 4 is 27.5 Å². The highest BCUT2D eigenvalue weighted by Gasteiger charge is 2.31. The number of halogens is 1. The number of benzene rings is 1. The standard InChI is InChI=1S/C15H17BrN2O/c16-11-5-3-4-10(8-11)14(19)9-15-17-12-6-1-2-7-13(12)18-15/h3-5,8,12-13H,1-2,6-7,9H2,(H,17,18)/t12-,13-/m1/s1. The predicted molar refractivity (Wildman–Crippen MR) is 79.7 cm³/mol. The van der Waals surface area contributed by atoms with Gasteiger partial charge in [-0.2, -0.15) is 0 Å². The van der Waals surface area contributed by atoms with Crippen molar-refractivity contribution in [3.05, 3.63) is 34.3 Å². The lowest BCUT2D eigenvalue weighted by molar-refractivity contribution is 0.1000. The monoisotopic (exact) mass is 320 g/mol. The number of aliphatic imine (C=N–C) groups is 1. The van der Waals surface area contributed by atoms with Crippen LogP contribution in [0.25, 0.3) is 0 Å². The van der Waals surface area contributed by atoms with Gasteiger partial charge in [-0.15, -0.1) is 0 Å². The molecule has 1 aromatic carbocycles. The zero-order valence-corrected chi connectivity index (χ0v) is 12.3. The minimum Gasteiger partial charge on any atom is -0.369 e. The second-order valence-corrected chi connectivity index (χ2v) is 6.20. The number of nitrogens with zero attached hydrogens (tertiary/aromatic N) is 1. The van der Waals surface area contributed by atoms with E-state index < -0.39 is 0 Å². The van der Waals surface area contributed by atoms with Gasteiger partial charge in [0.15, 0.2) is 5.78 Å². The van der Waals surface area contributed by atoms with Gasteiger partial charge in [-0.05, 0) is 25.0 Å². The fourth-order valence-corrected chi connectivity index (χ4v) is 3.30. The number of fused-ring (bicyclic) bond motifs is 1. The maximum absolute atomic E-state index is 12.2. The minimum absolute atomic E-state index is 0.131. The Morgan fingerprint density at radius 2 is 2.21 bits per heavy atom. The largest absolute Gasteiger partial charge is 0.369 e. The maximum atomic E-state index is 12.2.